The zero-order valence-corrected chi connectivity index (χ0v) is 9.08. The molecule has 0 saturated heterocycles. The standard InChI is InChI=1S/C9H18F2N2O2/c1-7(2)6-15-9(14)13(4-3-12)5-8(10)11/h7-8H,3-6,12H2,1-2H3. The molecule has 90 valence electrons. The molecule has 0 heterocycles. The molecule has 0 aromatic rings. The number of amides is 1. The Morgan fingerprint density at radius 1 is 1.47 bits per heavy atom. The Hall–Kier alpha value is -0.910. The molecule has 0 radical (unpaired) electrons. The first-order chi connectivity index (χ1) is 6.97. The molecule has 4 nitrogen and oxygen atoms in total. The van der Waals surface area contributed by atoms with Crippen molar-refractivity contribution in [3.05, 3.63) is 0 Å². The highest BCUT2D eigenvalue weighted by molar-refractivity contribution is 5.67. The Balaban J connectivity index is 4.04. The summed E-state index contributed by atoms with van der Waals surface area (Å²) in [5.41, 5.74) is 5.20. The summed E-state index contributed by atoms with van der Waals surface area (Å²) in [5.74, 6) is 0.181. The lowest BCUT2D eigenvalue weighted by Crippen LogP contribution is -2.39. The highest BCUT2D eigenvalue weighted by atomic mass is 19.3. The van der Waals surface area contributed by atoms with Gasteiger partial charge in [-0.1, -0.05) is 13.8 Å². The van der Waals surface area contributed by atoms with Gasteiger partial charge in [0.1, 0.15) is 0 Å². The average molecular weight is 224 g/mol. The first kappa shape index (κ1) is 14.1. The molecule has 0 aliphatic heterocycles. The third kappa shape index (κ3) is 7.07. The van der Waals surface area contributed by atoms with E-state index in [1.165, 1.54) is 0 Å². The van der Waals surface area contributed by atoms with Crippen molar-refractivity contribution in [1.82, 2.24) is 4.90 Å². The number of ether oxygens (including phenoxy) is 1. The third-order valence-electron chi connectivity index (χ3n) is 1.56. The van der Waals surface area contributed by atoms with Crippen molar-refractivity contribution in [2.45, 2.75) is 20.3 Å². The Morgan fingerprint density at radius 2 is 2.07 bits per heavy atom. The van der Waals surface area contributed by atoms with Gasteiger partial charge in [-0.2, -0.15) is 0 Å². The monoisotopic (exact) mass is 224 g/mol. The van der Waals surface area contributed by atoms with Crippen molar-refractivity contribution >= 4 is 6.09 Å². The van der Waals surface area contributed by atoms with Crippen LogP contribution in [0.3, 0.4) is 0 Å². The van der Waals surface area contributed by atoms with E-state index in [2.05, 4.69) is 0 Å². The van der Waals surface area contributed by atoms with Crippen molar-refractivity contribution in [2.24, 2.45) is 11.7 Å². The van der Waals surface area contributed by atoms with Crippen LogP contribution >= 0.6 is 0 Å². The average Bonchev–Trinajstić information content (AvgIpc) is 2.12. The fourth-order valence-corrected chi connectivity index (χ4v) is 0.909. The summed E-state index contributed by atoms with van der Waals surface area (Å²) in [4.78, 5) is 12.2. The second-order valence-corrected chi connectivity index (χ2v) is 3.60. The van der Waals surface area contributed by atoms with E-state index in [0.29, 0.717) is 0 Å². The fraction of sp³-hybridized carbons (Fsp3) is 0.889. The summed E-state index contributed by atoms with van der Waals surface area (Å²) in [6.45, 7) is 3.56. The van der Waals surface area contributed by atoms with E-state index in [4.69, 9.17) is 10.5 Å². The molecule has 0 aliphatic rings. The quantitative estimate of drug-likeness (QED) is 0.740. The molecule has 0 spiro atoms. The van der Waals surface area contributed by atoms with Gasteiger partial charge in [0.15, 0.2) is 0 Å². The fourth-order valence-electron chi connectivity index (χ4n) is 0.909. The molecule has 0 fully saturated rings. The molecule has 2 N–H and O–H groups in total. The van der Waals surface area contributed by atoms with Gasteiger partial charge in [-0.05, 0) is 5.92 Å². The van der Waals surface area contributed by atoms with Crippen LogP contribution in [0.25, 0.3) is 0 Å². The van der Waals surface area contributed by atoms with E-state index in [1.54, 1.807) is 0 Å². The molecule has 6 heteroatoms. The zero-order valence-electron chi connectivity index (χ0n) is 9.08. The molecule has 1 amide bonds. The van der Waals surface area contributed by atoms with Crippen LogP contribution in [0, 0.1) is 5.92 Å². The minimum absolute atomic E-state index is 0.0846. The van der Waals surface area contributed by atoms with E-state index in [0.717, 1.165) is 4.90 Å². The van der Waals surface area contributed by atoms with Crippen molar-refractivity contribution in [3.63, 3.8) is 0 Å². The van der Waals surface area contributed by atoms with Gasteiger partial charge in [-0.25, -0.2) is 13.6 Å². The van der Waals surface area contributed by atoms with Crippen LogP contribution in [0.15, 0.2) is 0 Å². The van der Waals surface area contributed by atoms with Gasteiger partial charge in [-0.3, -0.25) is 0 Å². The van der Waals surface area contributed by atoms with Crippen LogP contribution in [-0.4, -0.2) is 43.7 Å². The van der Waals surface area contributed by atoms with Crippen LogP contribution in [0.1, 0.15) is 13.8 Å². The summed E-state index contributed by atoms with van der Waals surface area (Å²) in [6.07, 6.45) is -3.29. The maximum absolute atomic E-state index is 12.1. The molecule has 0 aromatic heterocycles. The molecule has 0 saturated carbocycles. The Kier molecular flexibility index (Phi) is 6.94. The Morgan fingerprint density at radius 3 is 2.47 bits per heavy atom. The number of rotatable bonds is 6. The number of carbonyl (C=O) groups excluding carboxylic acids is 1. The summed E-state index contributed by atoms with van der Waals surface area (Å²) in [7, 11) is 0. The normalized spacial score (nSPS) is 10.9. The number of carbonyl (C=O) groups is 1. The van der Waals surface area contributed by atoms with Gasteiger partial charge in [0, 0.05) is 13.1 Å². The highest BCUT2D eigenvalue weighted by Gasteiger charge is 2.18. The maximum Gasteiger partial charge on any atom is 0.410 e. The Bertz CT molecular complexity index is 189. The van der Waals surface area contributed by atoms with Crippen LogP contribution in [-0.2, 0) is 4.74 Å². The van der Waals surface area contributed by atoms with Gasteiger partial charge in [0.2, 0.25) is 0 Å². The number of nitrogens with two attached hydrogens (primary N) is 1. The van der Waals surface area contributed by atoms with E-state index in [9.17, 15) is 13.6 Å². The van der Waals surface area contributed by atoms with Crippen LogP contribution in [0.4, 0.5) is 13.6 Å². The summed E-state index contributed by atoms with van der Waals surface area (Å²) in [6, 6.07) is 0. The maximum atomic E-state index is 12.1. The smallest absolute Gasteiger partial charge is 0.410 e. The van der Waals surface area contributed by atoms with Gasteiger partial charge in [-0.15, -0.1) is 0 Å². The van der Waals surface area contributed by atoms with Gasteiger partial charge >= 0.3 is 6.09 Å². The van der Waals surface area contributed by atoms with Gasteiger partial charge in [0.05, 0.1) is 13.2 Å². The summed E-state index contributed by atoms with van der Waals surface area (Å²) >= 11 is 0. The zero-order chi connectivity index (χ0) is 11.8. The Labute approximate surface area is 88.4 Å². The predicted molar refractivity (Wildman–Crippen MR) is 52.8 cm³/mol. The molecule has 0 rings (SSSR count). The molecular formula is C9H18F2N2O2. The van der Waals surface area contributed by atoms with Gasteiger partial charge < -0.3 is 15.4 Å². The number of hydrogen-bond acceptors (Lipinski definition) is 3. The summed E-state index contributed by atoms with van der Waals surface area (Å²) in [5, 5.41) is 0. The van der Waals surface area contributed by atoms with E-state index in [1.807, 2.05) is 13.8 Å². The number of alkyl halides is 2. The van der Waals surface area contributed by atoms with E-state index < -0.39 is 19.1 Å². The predicted octanol–water partition coefficient (Wildman–Crippen LogP) is 1.30. The van der Waals surface area contributed by atoms with Crippen molar-refractivity contribution in [2.75, 3.05) is 26.2 Å². The SMILES string of the molecule is CC(C)COC(=O)N(CCN)CC(F)F. The second kappa shape index (κ2) is 7.39. The molecule has 0 unspecified atom stereocenters. The minimum atomic E-state index is -2.57. The first-order valence-electron chi connectivity index (χ1n) is 4.87. The molecular weight excluding hydrogens is 206 g/mol. The number of nitrogens with zero attached hydrogens (tertiary/aromatic N) is 1. The van der Waals surface area contributed by atoms with Crippen LogP contribution in [0.5, 0.6) is 0 Å². The lowest BCUT2D eigenvalue weighted by Gasteiger charge is -2.21. The highest BCUT2D eigenvalue weighted by Crippen LogP contribution is 2.02. The van der Waals surface area contributed by atoms with E-state index in [-0.39, 0.29) is 25.6 Å². The first-order valence-corrected chi connectivity index (χ1v) is 4.87. The largest absolute Gasteiger partial charge is 0.449 e. The molecule has 0 aromatic carbocycles. The molecule has 0 atom stereocenters. The summed E-state index contributed by atoms with van der Waals surface area (Å²) < 4.78 is 29.0. The lowest BCUT2D eigenvalue weighted by molar-refractivity contribution is 0.0572. The molecule has 0 bridgehead atoms. The molecule has 15 heavy (non-hydrogen) atoms. The second-order valence-electron chi connectivity index (χ2n) is 3.60. The van der Waals surface area contributed by atoms with Crippen molar-refractivity contribution in [3.8, 4) is 0 Å². The van der Waals surface area contributed by atoms with Crippen molar-refractivity contribution in [1.29, 1.82) is 0 Å². The van der Waals surface area contributed by atoms with Crippen LogP contribution in [0.2, 0.25) is 0 Å². The lowest BCUT2D eigenvalue weighted by atomic mass is 10.2. The third-order valence-corrected chi connectivity index (χ3v) is 1.56. The topological polar surface area (TPSA) is 55.6 Å². The van der Waals surface area contributed by atoms with Crippen molar-refractivity contribution < 1.29 is 18.3 Å². The number of hydrogen-bond donors (Lipinski definition) is 1. The van der Waals surface area contributed by atoms with Gasteiger partial charge in [0.25, 0.3) is 6.43 Å². The van der Waals surface area contributed by atoms with Crippen LogP contribution < -0.4 is 5.73 Å². The number of halogens is 2. The van der Waals surface area contributed by atoms with E-state index >= 15 is 0 Å². The minimum Gasteiger partial charge on any atom is -0.449 e. The molecule has 0 aliphatic carbocycles.